The lowest BCUT2D eigenvalue weighted by Gasteiger charge is -2.12. The van der Waals surface area contributed by atoms with Crippen LogP contribution in [0.2, 0.25) is 0 Å². The zero-order valence-electron chi connectivity index (χ0n) is 9.45. The van der Waals surface area contributed by atoms with E-state index in [1.165, 1.54) is 4.43 Å². The predicted octanol–water partition coefficient (Wildman–Crippen LogP) is 3.59. The Morgan fingerprint density at radius 2 is 1.50 bits per heavy atom. The second-order valence-electron chi connectivity index (χ2n) is 4.29. The van der Waals surface area contributed by atoms with Gasteiger partial charge in [-0.25, -0.2) is 0 Å². The average molecular weight is 339 g/mol. The standard InChI is InChI=1S/C4H10IP.C4H12P2/c2*1-4(2,6)3-5/h3,6H2,1-2H3;3,5-6H2,1-2H3/i;5D. The van der Waals surface area contributed by atoms with Crippen LogP contribution in [-0.4, -0.2) is 22.2 Å². The first-order chi connectivity index (χ1) is 5.62. The second kappa shape index (κ2) is 7.33. The van der Waals surface area contributed by atoms with Gasteiger partial charge in [0.25, 0.3) is 0 Å². The first kappa shape index (κ1) is 14.0. The van der Waals surface area contributed by atoms with Crippen molar-refractivity contribution in [3.8, 4) is 0 Å². The first-order valence-corrected chi connectivity index (χ1v) is 7.29. The molecule has 0 fully saturated rings. The van der Waals surface area contributed by atoms with Crippen molar-refractivity contribution in [1.82, 2.24) is 0 Å². The molecule has 0 radical (unpaired) electrons. The van der Waals surface area contributed by atoms with Crippen molar-refractivity contribution in [2.45, 2.75) is 38.0 Å². The molecule has 0 aliphatic rings. The van der Waals surface area contributed by atoms with Crippen molar-refractivity contribution in [2.75, 3.05) is 10.6 Å². The van der Waals surface area contributed by atoms with Gasteiger partial charge in [0.1, 0.15) is 0 Å². The molecule has 0 saturated carbocycles. The quantitative estimate of drug-likeness (QED) is 0.419. The van der Waals surface area contributed by atoms with Crippen LogP contribution in [0, 0.1) is 0 Å². The Hall–Kier alpha value is 2.02. The third-order valence-electron chi connectivity index (χ3n) is 0.800. The van der Waals surface area contributed by atoms with E-state index in [1.54, 1.807) is 0 Å². The minimum absolute atomic E-state index is 0.292. The highest BCUT2D eigenvalue weighted by Gasteiger charge is 2.05. The summed E-state index contributed by atoms with van der Waals surface area (Å²) < 4.78 is 8.08. The summed E-state index contributed by atoms with van der Waals surface area (Å²) in [4.78, 5) is 0. The summed E-state index contributed by atoms with van der Waals surface area (Å²) in [6, 6.07) is 0. The third kappa shape index (κ3) is 22.7. The van der Waals surface area contributed by atoms with Crippen LogP contribution in [0.25, 0.3) is 0 Å². The highest BCUT2D eigenvalue weighted by Crippen LogP contribution is 2.18. The van der Waals surface area contributed by atoms with Gasteiger partial charge in [0.2, 0.25) is 0 Å². The minimum atomic E-state index is 0.292. The van der Waals surface area contributed by atoms with Crippen LogP contribution in [0.4, 0.5) is 0 Å². The molecule has 3 atom stereocenters. The van der Waals surface area contributed by atoms with E-state index in [1.807, 2.05) is 0 Å². The van der Waals surface area contributed by atoms with E-state index in [-0.39, 0.29) is 0 Å². The van der Waals surface area contributed by atoms with Gasteiger partial charge in [-0.1, -0.05) is 50.3 Å². The molecule has 0 rings (SSSR count). The molecule has 0 nitrogen and oxygen atoms in total. The van der Waals surface area contributed by atoms with Gasteiger partial charge < -0.3 is 0 Å². The molecule has 0 aromatic heterocycles. The van der Waals surface area contributed by atoms with Gasteiger partial charge in [0, 0.05) is 4.43 Å². The molecule has 12 heavy (non-hydrogen) atoms. The molecule has 3 unspecified atom stereocenters. The predicted molar refractivity (Wildman–Crippen MR) is 81.0 cm³/mol. The summed E-state index contributed by atoms with van der Waals surface area (Å²) in [5, 5.41) is 0.737. The lowest BCUT2D eigenvalue weighted by atomic mass is 10.2. The smallest absolute Gasteiger partial charge is 0.0546 e. The van der Waals surface area contributed by atoms with Gasteiger partial charge in [0.15, 0.2) is 0 Å². The fraction of sp³-hybridized carbons (Fsp3) is 1.00. The molecule has 0 amide bonds. The van der Waals surface area contributed by atoms with E-state index >= 15 is 0 Å². The highest BCUT2D eigenvalue weighted by atomic mass is 127. The van der Waals surface area contributed by atoms with E-state index in [0.29, 0.717) is 19.5 Å². The van der Waals surface area contributed by atoms with Crippen LogP contribution in [0.1, 0.15) is 27.7 Å². The summed E-state index contributed by atoms with van der Waals surface area (Å²) in [5.41, 5.74) is 0. The Morgan fingerprint density at radius 1 is 1.17 bits per heavy atom. The number of hydrogen-bond acceptors (Lipinski definition) is 0. The number of rotatable bonds is 3. The fourth-order valence-corrected chi connectivity index (χ4v) is 0. The SMILES string of the molecule is CC(C)(P)CI.[2H]PCC(C)(C)P. The van der Waals surface area contributed by atoms with Crippen molar-refractivity contribution in [1.29, 1.82) is 1.28 Å². The fourth-order valence-electron chi connectivity index (χ4n) is 0. The molecular formula is C8H22IP3. The topological polar surface area (TPSA) is 0 Å². The maximum Gasteiger partial charge on any atom is 0.0546 e. The normalized spacial score (nSPS) is 14.1. The zero-order valence-corrected chi connectivity index (χ0v) is 13.9. The maximum absolute atomic E-state index is 6.87. The number of alkyl halides is 1. The van der Waals surface area contributed by atoms with E-state index in [0.717, 1.165) is 6.16 Å². The molecule has 0 aromatic carbocycles. The van der Waals surface area contributed by atoms with E-state index in [2.05, 4.69) is 68.8 Å². The van der Waals surface area contributed by atoms with Crippen molar-refractivity contribution in [3.63, 3.8) is 0 Å². The molecule has 0 aromatic rings. The monoisotopic (exact) mass is 339 g/mol. The molecule has 0 aliphatic carbocycles. The molecule has 0 heterocycles. The molecule has 76 valence electrons. The molecule has 0 aliphatic heterocycles. The van der Waals surface area contributed by atoms with E-state index in [4.69, 9.17) is 1.28 Å². The lowest BCUT2D eigenvalue weighted by Crippen LogP contribution is -2.09. The molecule has 0 spiro atoms. The zero-order chi connectivity index (χ0) is 11.1. The third-order valence-corrected chi connectivity index (χ3v) is 5.32. The maximum atomic E-state index is 6.87. The molecule has 0 N–H and O–H groups in total. The Morgan fingerprint density at radius 3 is 1.50 bits per heavy atom. The van der Waals surface area contributed by atoms with Gasteiger partial charge in [-0.15, -0.1) is 27.7 Å². The minimum Gasteiger partial charge on any atom is -0.137 e. The molecule has 0 saturated heterocycles. The summed E-state index contributed by atoms with van der Waals surface area (Å²) >= 11 is 2.37. The average Bonchev–Trinajstić information content (AvgIpc) is 1.84. The van der Waals surface area contributed by atoms with E-state index < -0.39 is 0 Å². The number of halogens is 1. The van der Waals surface area contributed by atoms with Gasteiger partial charge in [-0.2, -0.15) is 0 Å². The van der Waals surface area contributed by atoms with E-state index in [9.17, 15) is 0 Å². The Kier molecular flexibility index (Phi) is 8.56. The molecule has 0 bridgehead atoms. The summed E-state index contributed by atoms with van der Waals surface area (Å²) in [5.74, 6) is 0. The first-order valence-electron chi connectivity index (χ1n) is 4.41. The van der Waals surface area contributed by atoms with Gasteiger partial charge >= 0.3 is 0 Å². The van der Waals surface area contributed by atoms with Crippen LogP contribution < -0.4 is 0 Å². The van der Waals surface area contributed by atoms with Gasteiger partial charge in [-0.05, 0) is 16.5 Å². The van der Waals surface area contributed by atoms with Crippen molar-refractivity contribution >= 4 is 50.3 Å². The second-order valence-corrected chi connectivity index (χ2v) is 8.53. The summed E-state index contributed by atoms with van der Waals surface area (Å²) in [6.07, 6.45) is 0.998. The van der Waals surface area contributed by atoms with Gasteiger partial charge in [-0.3, -0.25) is 0 Å². The summed E-state index contributed by atoms with van der Waals surface area (Å²) in [6.45, 7) is 8.65. The van der Waals surface area contributed by atoms with Crippen LogP contribution in [0.5, 0.6) is 0 Å². The van der Waals surface area contributed by atoms with Crippen molar-refractivity contribution in [3.05, 3.63) is 0 Å². The Balaban J connectivity index is 0. The molecule has 4 heteroatoms. The lowest BCUT2D eigenvalue weighted by molar-refractivity contribution is 0.818. The van der Waals surface area contributed by atoms with Crippen LogP contribution in [0.3, 0.4) is 0 Å². The summed E-state index contributed by atoms with van der Waals surface area (Å²) in [7, 11) is 5.85. The van der Waals surface area contributed by atoms with Crippen molar-refractivity contribution in [2.24, 2.45) is 0 Å². The largest absolute Gasteiger partial charge is 0.137 e. The van der Waals surface area contributed by atoms with Crippen molar-refractivity contribution < 1.29 is 0 Å². The molecular weight excluding hydrogens is 316 g/mol. The Labute approximate surface area is 99.8 Å². The Bertz CT molecular complexity index is 118. The van der Waals surface area contributed by atoms with Crippen LogP contribution in [0.15, 0.2) is 0 Å². The van der Waals surface area contributed by atoms with Crippen LogP contribution in [-0.2, 0) is 0 Å². The highest BCUT2D eigenvalue weighted by molar-refractivity contribution is 14.1. The van der Waals surface area contributed by atoms with Gasteiger partial charge in [0.05, 0.1) is 1.28 Å². The van der Waals surface area contributed by atoms with Crippen LogP contribution >= 0.6 is 50.3 Å². The number of hydrogen-bond donors (Lipinski definition) is 0.